The summed E-state index contributed by atoms with van der Waals surface area (Å²) in [6.45, 7) is 1.03. The standard InChI is InChI=1S/C14H16ClFN2O3S/c15-13-10-11(16)2-3-14(13)22(19,20)18(7-1-6-17)12-4-8-21-9-5-12/h2-3,10,12H,1,4-5,7-9H2. The molecule has 0 amide bonds. The Kier molecular flexibility index (Phi) is 5.75. The Morgan fingerprint density at radius 3 is 2.68 bits per heavy atom. The molecule has 1 fully saturated rings. The maximum atomic E-state index is 13.1. The molecule has 1 aliphatic rings. The van der Waals surface area contributed by atoms with Gasteiger partial charge in [0.1, 0.15) is 10.7 Å². The van der Waals surface area contributed by atoms with Gasteiger partial charge in [0.05, 0.1) is 11.1 Å². The zero-order chi connectivity index (χ0) is 16.2. The zero-order valence-corrected chi connectivity index (χ0v) is 13.4. The van der Waals surface area contributed by atoms with E-state index in [4.69, 9.17) is 21.6 Å². The van der Waals surface area contributed by atoms with Crippen LogP contribution in [0, 0.1) is 17.1 Å². The van der Waals surface area contributed by atoms with E-state index in [1.54, 1.807) is 0 Å². The summed E-state index contributed by atoms with van der Waals surface area (Å²) < 4.78 is 45.4. The minimum atomic E-state index is -3.89. The smallest absolute Gasteiger partial charge is 0.244 e. The van der Waals surface area contributed by atoms with Gasteiger partial charge in [-0.25, -0.2) is 12.8 Å². The fourth-order valence-corrected chi connectivity index (χ4v) is 4.64. The SMILES string of the molecule is N#CCCN(C1CCOCC1)S(=O)(=O)c1ccc(F)cc1Cl. The molecule has 120 valence electrons. The Labute approximate surface area is 134 Å². The topological polar surface area (TPSA) is 70.4 Å². The number of sulfonamides is 1. The summed E-state index contributed by atoms with van der Waals surface area (Å²) in [4.78, 5) is -0.139. The van der Waals surface area contributed by atoms with E-state index >= 15 is 0 Å². The first-order chi connectivity index (χ1) is 10.5. The van der Waals surface area contributed by atoms with Crippen molar-refractivity contribution < 1.29 is 17.5 Å². The Hall–Kier alpha value is -1.20. The molecule has 1 heterocycles. The highest BCUT2D eigenvalue weighted by atomic mass is 35.5. The van der Waals surface area contributed by atoms with Gasteiger partial charge >= 0.3 is 0 Å². The fourth-order valence-electron chi connectivity index (χ4n) is 2.44. The molecule has 0 aliphatic carbocycles. The lowest BCUT2D eigenvalue weighted by molar-refractivity contribution is 0.0588. The van der Waals surface area contributed by atoms with Crippen molar-refractivity contribution >= 4 is 21.6 Å². The van der Waals surface area contributed by atoms with Crippen molar-refractivity contribution in [2.45, 2.75) is 30.2 Å². The van der Waals surface area contributed by atoms with Crippen molar-refractivity contribution in [1.29, 1.82) is 5.26 Å². The van der Waals surface area contributed by atoms with E-state index in [1.807, 2.05) is 6.07 Å². The summed E-state index contributed by atoms with van der Waals surface area (Å²) in [6, 6.07) is 4.90. The van der Waals surface area contributed by atoms with Gasteiger partial charge in [-0.1, -0.05) is 11.6 Å². The predicted octanol–water partition coefficient (Wildman–Crippen LogP) is 2.56. The van der Waals surface area contributed by atoms with Crippen LogP contribution in [0.3, 0.4) is 0 Å². The van der Waals surface area contributed by atoms with E-state index < -0.39 is 15.8 Å². The van der Waals surface area contributed by atoms with Gasteiger partial charge in [-0.3, -0.25) is 0 Å². The molecular weight excluding hydrogens is 331 g/mol. The maximum absolute atomic E-state index is 13.1. The molecule has 0 N–H and O–H groups in total. The number of nitrogens with zero attached hydrogens (tertiary/aromatic N) is 2. The Balaban J connectivity index is 2.37. The molecule has 0 bridgehead atoms. The molecule has 1 aromatic rings. The van der Waals surface area contributed by atoms with Crippen molar-refractivity contribution in [2.75, 3.05) is 19.8 Å². The van der Waals surface area contributed by atoms with Crippen LogP contribution in [0.25, 0.3) is 0 Å². The molecule has 22 heavy (non-hydrogen) atoms. The third-order valence-electron chi connectivity index (χ3n) is 3.52. The lowest BCUT2D eigenvalue weighted by Gasteiger charge is -2.33. The summed E-state index contributed by atoms with van der Waals surface area (Å²) >= 11 is 5.90. The van der Waals surface area contributed by atoms with Crippen LogP contribution in [0.5, 0.6) is 0 Å². The first-order valence-corrected chi connectivity index (χ1v) is 8.70. The highest BCUT2D eigenvalue weighted by Crippen LogP contribution is 2.29. The van der Waals surface area contributed by atoms with Crippen molar-refractivity contribution in [2.24, 2.45) is 0 Å². The second-order valence-electron chi connectivity index (χ2n) is 4.94. The average molecular weight is 347 g/mol. The Morgan fingerprint density at radius 1 is 1.41 bits per heavy atom. The van der Waals surface area contributed by atoms with Gasteiger partial charge in [0, 0.05) is 32.2 Å². The molecule has 5 nitrogen and oxygen atoms in total. The van der Waals surface area contributed by atoms with E-state index in [9.17, 15) is 12.8 Å². The van der Waals surface area contributed by atoms with Gasteiger partial charge in [0.25, 0.3) is 0 Å². The minimum absolute atomic E-state index is 0.0788. The summed E-state index contributed by atoms with van der Waals surface area (Å²) in [5.74, 6) is -0.599. The van der Waals surface area contributed by atoms with Crippen molar-refractivity contribution in [1.82, 2.24) is 4.31 Å². The van der Waals surface area contributed by atoms with Gasteiger partial charge in [-0.05, 0) is 31.0 Å². The summed E-state index contributed by atoms with van der Waals surface area (Å²) in [5, 5.41) is 8.61. The molecule has 0 unspecified atom stereocenters. The van der Waals surface area contributed by atoms with Crippen LogP contribution in [0.4, 0.5) is 4.39 Å². The number of hydrogen-bond acceptors (Lipinski definition) is 4. The molecule has 0 saturated carbocycles. The first-order valence-electron chi connectivity index (χ1n) is 6.88. The van der Waals surface area contributed by atoms with Gasteiger partial charge < -0.3 is 4.74 Å². The number of nitriles is 1. The molecule has 0 radical (unpaired) electrons. The highest BCUT2D eigenvalue weighted by Gasteiger charge is 2.33. The molecule has 1 saturated heterocycles. The highest BCUT2D eigenvalue weighted by molar-refractivity contribution is 7.89. The quantitative estimate of drug-likeness (QED) is 0.821. The predicted molar refractivity (Wildman–Crippen MR) is 79.4 cm³/mol. The van der Waals surface area contributed by atoms with E-state index in [0.29, 0.717) is 26.1 Å². The van der Waals surface area contributed by atoms with Gasteiger partial charge in [0.2, 0.25) is 10.0 Å². The Bertz CT molecular complexity index is 669. The monoisotopic (exact) mass is 346 g/mol. The van der Waals surface area contributed by atoms with E-state index in [2.05, 4.69) is 0 Å². The first kappa shape index (κ1) is 17.2. The third-order valence-corrected chi connectivity index (χ3v) is 5.96. The van der Waals surface area contributed by atoms with Gasteiger partial charge in [-0.2, -0.15) is 9.57 Å². The number of hydrogen-bond donors (Lipinski definition) is 0. The van der Waals surface area contributed by atoms with Gasteiger partial charge in [0.15, 0.2) is 0 Å². The summed E-state index contributed by atoms with van der Waals surface area (Å²) in [7, 11) is -3.89. The Morgan fingerprint density at radius 2 is 2.09 bits per heavy atom. The van der Waals surface area contributed by atoms with Crippen molar-refractivity contribution in [3.63, 3.8) is 0 Å². The number of ether oxygens (including phenoxy) is 1. The maximum Gasteiger partial charge on any atom is 0.244 e. The molecule has 0 aromatic heterocycles. The molecular formula is C14H16ClFN2O3S. The second-order valence-corrected chi connectivity index (χ2v) is 7.21. The van der Waals surface area contributed by atoms with Crippen molar-refractivity contribution in [3.8, 4) is 6.07 Å². The van der Waals surface area contributed by atoms with E-state index in [-0.39, 0.29) is 28.9 Å². The number of rotatable bonds is 5. The van der Waals surface area contributed by atoms with Gasteiger partial charge in [-0.15, -0.1) is 0 Å². The van der Waals surface area contributed by atoms with Crippen LogP contribution in [0.1, 0.15) is 19.3 Å². The largest absolute Gasteiger partial charge is 0.381 e. The normalized spacial score (nSPS) is 16.6. The van der Waals surface area contributed by atoms with Crippen LogP contribution < -0.4 is 0 Å². The number of benzene rings is 1. The van der Waals surface area contributed by atoms with Crippen LogP contribution in [-0.2, 0) is 14.8 Å². The molecule has 8 heteroatoms. The average Bonchev–Trinajstić information content (AvgIpc) is 2.48. The van der Waals surface area contributed by atoms with Crippen LogP contribution in [0.15, 0.2) is 23.1 Å². The van der Waals surface area contributed by atoms with Crippen LogP contribution >= 0.6 is 11.6 Å². The zero-order valence-electron chi connectivity index (χ0n) is 11.8. The minimum Gasteiger partial charge on any atom is -0.381 e. The third kappa shape index (κ3) is 3.76. The molecule has 0 atom stereocenters. The van der Waals surface area contributed by atoms with Crippen molar-refractivity contribution in [3.05, 3.63) is 29.0 Å². The van der Waals surface area contributed by atoms with Crippen LogP contribution in [0.2, 0.25) is 5.02 Å². The molecule has 2 rings (SSSR count). The lowest BCUT2D eigenvalue weighted by atomic mass is 10.1. The van der Waals surface area contributed by atoms with Crippen LogP contribution in [-0.4, -0.2) is 38.5 Å². The molecule has 1 aliphatic heterocycles. The molecule has 0 spiro atoms. The lowest BCUT2D eigenvalue weighted by Crippen LogP contribution is -2.43. The summed E-state index contributed by atoms with van der Waals surface area (Å²) in [6.07, 6.45) is 1.20. The number of halogens is 2. The second kappa shape index (κ2) is 7.38. The summed E-state index contributed by atoms with van der Waals surface area (Å²) in [5.41, 5.74) is 0. The van der Waals surface area contributed by atoms with E-state index in [0.717, 1.165) is 18.2 Å². The van der Waals surface area contributed by atoms with E-state index in [1.165, 1.54) is 4.31 Å². The molecule has 1 aromatic carbocycles. The fraction of sp³-hybridized carbons (Fsp3) is 0.500.